The second-order valence-corrected chi connectivity index (χ2v) is 6.52. The Balaban J connectivity index is 1.52. The lowest BCUT2D eigenvalue weighted by Gasteiger charge is -2.35. The van der Waals surface area contributed by atoms with Crippen LogP contribution in [-0.2, 0) is 4.79 Å². The standard InChI is InChI=1S/C15H27N3O/c1-12(15(19)18-7-3-2-4-8-18)16-14-6-10-17-9-5-13(14)11-17/h12-14,16H,2-11H2,1H3. The minimum Gasteiger partial charge on any atom is -0.341 e. The van der Waals surface area contributed by atoms with Gasteiger partial charge in [0.15, 0.2) is 0 Å². The number of amides is 1. The molecule has 0 radical (unpaired) electrons. The van der Waals surface area contributed by atoms with Gasteiger partial charge in [-0.05, 0) is 58.0 Å². The number of rotatable bonds is 3. The molecule has 3 fully saturated rings. The lowest BCUT2D eigenvalue weighted by Crippen LogP contribution is -2.53. The Morgan fingerprint density at radius 3 is 2.63 bits per heavy atom. The van der Waals surface area contributed by atoms with Crippen LogP contribution in [0.15, 0.2) is 0 Å². The topological polar surface area (TPSA) is 35.6 Å². The lowest BCUT2D eigenvalue weighted by atomic mass is 9.93. The fourth-order valence-corrected chi connectivity index (χ4v) is 3.95. The number of nitrogens with one attached hydrogen (secondary N) is 1. The molecule has 0 saturated carbocycles. The number of nitrogens with zero attached hydrogens (tertiary/aromatic N) is 2. The molecule has 3 heterocycles. The van der Waals surface area contributed by atoms with E-state index in [1.54, 1.807) is 0 Å². The molecule has 0 spiro atoms. The molecule has 0 aromatic carbocycles. The Kier molecular flexibility index (Phi) is 4.08. The molecule has 4 unspecified atom stereocenters. The summed E-state index contributed by atoms with van der Waals surface area (Å²) in [6.07, 6.45) is 6.16. The van der Waals surface area contributed by atoms with Crippen molar-refractivity contribution in [3.05, 3.63) is 0 Å². The van der Waals surface area contributed by atoms with Crippen LogP contribution < -0.4 is 5.32 Å². The van der Waals surface area contributed by atoms with Gasteiger partial charge in [0.2, 0.25) is 5.91 Å². The number of hydrogen-bond acceptors (Lipinski definition) is 3. The van der Waals surface area contributed by atoms with E-state index in [1.165, 1.54) is 51.7 Å². The molecule has 4 heteroatoms. The average molecular weight is 265 g/mol. The first-order valence-electron chi connectivity index (χ1n) is 8.01. The van der Waals surface area contributed by atoms with Crippen molar-refractivity contribution in [3.63, 3.8) is 0 Å². The van der Waals surface area contributed by atoms with E-state index >= 15 is 0 Å². The maximum Gasteiger partial charge on any atom is 0.239 e. The summed E-state index contributed by atoms with van der Waals surface area (Å²) in [5, 5.41) is 3.63. The van der Waals surface area contributed by atoms with Gasteiger partial charge >= 0.3 is 0 Å². The second-order valence-electron chi connectivity index (χ2n) is 6.52. The SMILES string of the molecule is CC(NC1CCN2CCC1C2)C(=O)N1CCCCC1. The molecule has 0 aromatic heterocycles. The summed E-state index contributed by atoms with van der Waals surface area (Å²) in [7, 11) is 0. The highest BCUT2D eigenvalue weighted by molar-refractivity contribution is 5.81. The van der Waals surface area contributed by atoms with Crippen LogP contribution in [0, 0.1) is 5.92 Å². The van der Waals surface area contributed by atoms with Crippen molar-refractivity contribution in [1.82, 2.24) is 15.1 Å². The van der Waals surface area contributed by atoms with E-state index in [0.29, 0.717) is 11.9 Å². The van der Waals surface area contributed by atoms with Crippen LogP contribution in [0.4, 0.5) is 0 Å². The van der Waals surface area contributed by atoms with Crippen LogP contribution >= 0.6 is 0 Å². The molecule has 3 rings (SSSR count). The Hall–Kier alpha value is -0.610. The fourth-order valence-electron chi connectivity index (χ4n) is 3.95. The highest BCUT2D eigenvalue weighted by atomic mass is 16.2. The van der Waals surface area contributed by atoms with Crippen molar-refractivity contribution >= 4 is 5.91 Å². The Morgan fingerprint density at radius 1 is 1.11 bits per heavy atom. The third-order valence-corrected chi connectivity index (χ3v) is 5.14. The number of carbonyl (C=O) groups is 1. The second kappa shape index (κ2) is 5.80. The molecule has 3 aliphatic rings. The van der Waals surface area contributed by atoms with Gasteiger partial charge in [0.05, 0.1) is 6.04 Å². The van der Waals surface area contributed by atoms with Crippen LogP contribution in [0.5, 0.6) is 0 Å². The first-order valence-corrected chi connectivity index (χ1v) is 8.01. The van der Waals surface area contributed by atoms with Gasteiger partial charge in [-0.3, -0.25) is 4.79 Å². The molecule has 4 nitrogen and oxygen atoms in total. The molecular formula is C15H27N3O. The summed E-state index contributed by atoms with van der Waals surface area (Å²) in [5.41, 5.74) is 0. The highest BCUT2D eigenvalue weighted by Crippen LogP contribution is 2.27. The summed E-state index contributed by atoms with van der Waals surface area (Å²) in [4.78, 5) is 17.0. The zero-order valence-corrected chi connectivity index (χ0v) is 12.1. The maximum absolute atomic E-state index is 12.4. The minimum absolute atomic E-state index is 0.00440. The van der Waals surface area contributed by atoms with Crippen molar-refractivity contribution < 1.29 is 4.79 Å². The summed E-state index contributed by atoms with van der Waals surface area (Å²) in [5.74, 6) is 1.09. The Morgan fingerprint density at radius 2 is 1.84 bits per heavy atom. The smallest absolute Gasteiger partial charge is 0.239 e. The van der Waals surface area contributed by atoms with Gasteiger partial charge in [0, 0.05) is 25.7 Å². The zero-order valence-electron chi connectivity index (χ0n) is 12.1. The molecule has 4 atom stereocenters. The van der Waals surface area contributed by atoms with Crippen molar-refractivity contribution in [2.24, 2.45) is 5.92 Å². The van der Waals surface area contributed by atoms with Crippen molar-refractivity contribution in [2.75, 3.05) is 32.7 Å². The molecule has 3 saturated heterocycles. The van der Waals surface area contributed by atoms with Gasteiger partial charge in [-0.25, -0.2) is 0 Å². The third-order valence-electron chi connectivity index (χ3n) is 5.14. The number of fused-ring (bicyclic) bond motifs is 2. The molecule has 1 amide bonds. The largest absolute Gasteiger partial charge is 0.341 e. The average Bonchev–Trinajstić information content (AvgIpc) is 2.85. The lowest BCUT2D eigenvalue weighted by molar-refractivity contribution is -0.134. The van der Waals surface area contributed by atoms with Gasteiger partial charge < -0.3 is 15.1 Å². The van der Waals surface area contributed by atoms with E-state index in [4.69, 9.17) is 0 Å². The third kappa shape index (κ3) is 2.95. The fraction of sp³-hybridized carbons (Fsp3) is 0.933. The van der Waals surface area contributed by atoms with Gasteiger partial charge in [0.25, 0.3) is 0 Å². The van der Waals surface area contributed by atoms with Gasteiger partial charge in [-0.2, -0.15) is 0 Å². The number of hydrogen-bond donors (Lipinski definition) is 1. The van der Waals surface area contributed by atoms with Crippen LogP contribution in [0.2, 0.25) is 0 Å². The van der Waals surface area contributed by atoms with Crippen molar-refractivity contribution in [1.29, 1.82) is 0 Å². The van der Waals surface area contributed by atoms with Crippen molar-refractivity contribution in [2.45, 2.75) is 51.1 Å². The predicted molar refractivity (Wildman–Crippen MR) is 76.0 cm³/mol. The number of likely N-dealkylation sites (tertiary alicyclic amines) is 1. The molecule has 3 aliphatic heterocycles. The zero-order chi connectivity index (χ0) is 13.2. The summed E-state index contributed by atoms with van der Waals surface area (Å²) < 4.78 is 0. The normalized spacial score (nSPS) is 36.3. The molecule has 1 N–H and O–H groups in total. The van der Waals surface area contributed by atoms with E-state index < -0.39 is 0 Å². The van der Waals surface area contributed by atoms with E-state index in [-0.39, 0.29) is 6.04 Å². The molecule has 0 aliphatic carbocycles. The molecule has 108 valence electrons. The van der Waals surface area contributed by atoms with Crippen LogP contribution in [0.3, 0.4) is 0 Å². The summed E-state index contributed by atoms with van der Waals surface area (Å²) in [6, 6.07) is 0.553. The van der Waals surface area contributed by atoms with Crippen LogP contribution in [-0.4, -0.2) is 60.5 Å². The summed E-state index contributed by atoms with van der Waals surface area (Å²) >= 11 is 0. The van der Waals surface area contributed by atoms with E-state index in [1.807, 2.05) is 0 Å². The Labute approximate surface area is 116 Å². The maximum atomic E-state index is 12.4. The number of piperidine rings is 2. The van der Waals surface area contributed by atoms with Gasteiger partial charge in [-0.1, -0.05) is 0 Å². The van der Waals surface area contributed by atoms with Gasteiger partial charge in [-0.15, -0.1) is 0 Å². The quantitative estimate of drug-likeness (QED) is 0.829. The molecular weight excluding hydrogens is 238 g/mol. The van der Waals surface area contributed by atoms with Crippen molar-refractivity contribution in [3.8, 4) is 0 Å². The van der Waals surface area contributed by atoms with E-state index in [9.17, 15) is 4.79 Å². The van der Waals surface area contributed by atoms with E-state index in [2.05, 4.69) is 22.0 Å². The number of carbonyl (C=O) groups excluding carboxylic acids is 1. The molecule has 19 heavy (non-hydrogen) atoms. The highest BCUT2D eigenvalue weighted by Gasteiger charge is 2.35. The van der Waals surface area contributed by atoms with Crippen LogP contribution in [0.1, 0.15) is 39.0 Å². The summed E-state index contributed by atoms with van der Waals surface area (Å²) in [6.45, 7) is 7.69. The predicted octanol–water partition coefficient (Wildman–Crippen LogP) is 1.07. The van der Waals surface area contributed by atoms with Gasteiger partial charge in [0.1, 0.15) is 0 Å². The minimum atomic E-state index is -0.00440. The van der Waals surface area contributed by atoms with E-state index in [0.717, 1.165) is 19.0 Å². The molecule has 2 bridgehead atoms. The first kappa shape index (κ1) is 13.4. The Bertz CT molecular complexity index is 327. The molecule has 0 aromatic rings. The first-order chi connectivity index (χ1) is 9.24. The van der Waals surface area contributed by atoms with Crippen LogP contribution in [0.25, 0.3) is 0 Å². The monoisotopic (exact) mass is 265 g/mol.